The van der Waals surface area contributed by atoms with Crippen molar-refractivity contribution >= 4 is 29.0 Å². The molecule has 0 aliphatic carbocycles. The Morgan fingerprint density at radius 2 is 1.96 bits per heavy atom. The highest BCUT2D eigenvalue weighted by Gasteiger charge is 2.13. The molecule has 0 bridgehead atoms. The van der Waals surface area contributed by atoms with E-state index in [-0.39, 0.29) is 17.8 Å². The van der Waals surface area contributed by atoms with Crippen molar-refractivity contribution in [2.24, 2.45) is 0 Å². The first-order valence-corrected chi connectivity index (χ1v) is 8.97. The predicted molar refractivity (Wildman–Crippen MR) is 110 cm³/mol. The van der Waals surface area contributed by atoms with Crippen LogP contribution in [0.2, 0.25) is 5.02 Å². The highest BCUT2D eigenvalue weighted by molar-refractivity contribution is 6.30. The van der Waals surface area contributed by atoms with Crippen molar-refractivity contribution in [3.8, 4) is 11.5 Å². The van der Waals surface area contributed by atoms with Crippen LogP contribution < -0.4 is 20.5 Å². The quantitative estimate of drug-likeness (QED) is 0.628. The van der Waals surface area contributed by atoms with Crippen LogP contribution in [-0.4, -0.2) is 18.0 Å². The lowest BCUT2D eigenvalue weighted by molar-refractivity contribution is 0.102. The number of nitrogen functional groups attached to an aromatic ring is 1. The molecular weight excluding hydrogens is 378 g/mol. The summed E-state index contributed by atoms with van der Waals surface area (Å²) in [6.45, 7) is 1.88. The van der Waals surface area contributed by atoms with Crippen LogP contribution in [0.3, 0.4) is 0 Å². The molecule has 0 spiro atoms. The summed E-state index contributed by atoms with van der Waals surface area (Å²) in [7, 11) is 1.56. The molecule has 0 saturated carbocycles. The summed E-state index contributed by atoms with van der Waals surface area (Å²) in [5.41, 5.74) is 7.86. The van der Waals surface area contributed by atoms with E-state index in [2.05, 4.69) is 10.3 Å². The van der Waals surface area contributed by atoms with Crippen LogP contribution in [-0.2, 0) is 0 Å². The van der Waals surface area contributed by atoms with Gasteiger partial charge in [0.2, 0.25) is 0 Å². The van der Waals surface area contributed by atoms with E-state index in [0.717, 1.165) is 5.56 Å². The molecule has 2 aromatic carbocycles. The van der Waals surface area contributed by atoms with E-state index in [1.54, 1.807) is 37.4 Å². The minimum absolute atomic E-state index is 0.229. The third kappa shape index (κ3) is 4.72. The van der Waals surface area contributed by atoms with Crippen molar-refractivity contribution in [1.82, 2.24) is 4.98 Å². The molecule has 3 N–H and O–H groups in total. The Hall–Kier alpha value is -3.25. The Labute approximate surface area is 168 Å². The Morgan fingerprint density at radius 1 is 1.18 bits per heavy atom. The van der Waals surface area contributed by atoms with E-state index in [9.17, 15) is 4.79 Å². The number of carbonyl (C=O) groups is 1. The Morgan fingerprint density at radius 3 is 2.75 bits per heavy atom. The summed E-state index contributed by atoms with van der Waals surface area (Å²) in [5, 5.41) is 3.32. The Balaban J connectivity index is 1.74. The van der Waals surface area contributed by atoms with Gasteiger partial charge in [0.05, 0.1) is 12.1 Å². The highest BCUT2D eigenvalue weighted by Crippen LogP contribution is 2.29. The minimum atomic E-state index is -0.323. The number of amides is 1. The number of halogens is 1. The molecule has 3 rings (SSSR count). The predicted octanol–water partition coefficient (Wildman–Crippen LogP) is 4.72. The number of methoxy groups -OCH3 is 1. The van der Waals surface area contributed by atoms with E-state index in [1.165, 1.54) is 6.20 Å². The second-order valence-electron chi connectivity index (χ2n) is 6.11. The molecule has 3 aromatic rings. The van der Waals surface area contributed by atoms with Crippen LogP contribution in [0, 0.1) is 0 Å². The summed E-state index contributed by atoms with van der Waals surface area (Å²) in [4.78, 5) is 16.5. The maximum atomic E-state index is 12.5. The fraction of sp³-hybridized carbons (Fsp3) is 0.143. The monoisotopic (exact) mass is 397 g/mol. The zero-order chi connectivity index (χ0) is 20.1. The van der Waals surface area contributed by atoms with Gasteiger partial charge in [-0.25, -0.2) is 4.98 Å². The smallest absolute Gasteiger partial charge is 0.255 e. The molecule has 0 aliphatic rings. The van der Waals surface area contributed by atoms with Gasteiger partial charge in [0.15, 0.2) is 11.6 Å². The third-order valence-electron chi connectivity index (χ3n) is 4.10. The number of rotatable bonds is 6. The SMILES string of the molecule is COc1cccc(C(=O)Nc2cccc(C(C)Oc3cc(Cl)cnc3N)c2)c1. The van der Waals surface area contributed by atoms with E-state index in [0.29, 0.717) is 27.8 Å². The van der Waals surface area contributed by atoms with Crippen molar-refractivity contribution < 1.29 is 14.3 Å². The summed E-state index contributed by atoms with van der Waals surface area (Å²) < 4.78 is 11.0. The second kappa shape index (κ2) is 8.63. The van der Waals surface area contributed by atoms with Crippen LogP contribution in [0.1, 0.15) is 28.9 Å². The van der Waals surface area contributed by atoms with Gasteiger partial charge in [0, 0.05) is 23.5 Å². The topological polar surface area (TPSA) is 86.5 Å². The number of nitrogens with zero attached hydrogens (tertiary/aromatic N) is 1. The summed E-state index contributed by atoms with van der Waals surface area (Å²) in [6.07, 6.45) is 1.14. The molecule has 0 saturated heterocycles. The van der Waals surface area contributed by atoms with Gasteiger partial charge in [0.25, 0.3) is 5.91 Å². The second-order valence-corrected chi connectivity index (χ2v) is 6.54. The maximum Gasteiger partial charge on any atom is 0.255 e. The molecule has 1 aromatic heterocycles. The van der Waals surface area contributed by atoms with Crippen molar-refractivity contribution in [3.63, 3.8) is 0 Å². The van der Waals surface area contributed by atoms with Crippen molar-refractivity contribution in [1.29, 1.82) is 0 Å². The van der Waals surface area contributed by atoms with E-state index >= 15 is 0 Å². The van der Waals surface area contributed by atoms with Gasteiger partial charge in [-0.05, 0) is 42.8 Å². The molecule has 0 fully saturated rings. The zero-order valence-corrected chi connectivity index (χ0v) is 16.2. The molecule has 6 nitrogen and oxygen atoms in total. The van der Waals surface area contributed by atoms with Crippen LogP contribution in [0.25, 0.3) is 0 Å². The lowest BCUT2D eigenvalue weighted by Crippen LogP contribution is -2.12. The van der Waals surface area contributed by atoms with Gasteiger partial charge < -0.3 is 20.5 Å². The summed E-state index contributed by atoms with van der Waals surface area (Å²) in [5.74, 6) is 1.06. The standard InChI is InChI=1S/C21H20ClN3O3/c1-13(28-19-11-16(22)12-24-20(19)23)14-5-3-7-17(9-14)25-21(26)15-6-4-8-18(10-15)27-2/h3-13H,1-2H3,(H2,23,24)(H,25,26). The fourth-order valence-electron chi connectivity index (χ4n) is 2.62. The Kier molecular flexibility index (Phi) is 6.01. The number of anilines is 2. The number of hydrogen-bond acceptors (Lipinski definition) is 5. The number of carbonyl (C=O) groups excluding carboxylic acids is 1. The molecule has 1 amide bonds. The average Bonchev–Trinajstić information content (AvgIpc) is 2.71. The van der Waals surface area contributed by atoms with E-state index < -0.39 is 0 Å². The summed E-state index contributed by atoms with van der Waals surface area (Å²) in [6, 6.07) is 16.0. The number of nitrogens with two attached hydrogens (primary N) is 1. The summed E-state index contributed by atoms with van der Waals surface area (Å²) >= 11 is 5.95. The van der Waals surface area contributed by atoms with Gasteiger partial charge in [-0.15, -0.1) is 0 Å². The van der Waals surface area contributed by atoms with Crippen LogP contribution in [0.5, 0.6) is 11.5 Å². The van der Waals surface area contributed by atoms with Crippen molar-refractivity contribution in [2.45, 2.75) is 13.0 Å². The molecule has 7 heteroatoms. The van der Waals surface area contributed by atoms with Crippen LogP contribution in [0.4, 0.5) is 11.5 Å². The maximum absolute atomic E-state index is 12.5. The molecule has 144 valence electrons. The number of ether oxygens (including phenoxy) is 2. The number of aromatic nitrogens is 1. The third-order valence-corrected chi connectivity index (χ3v) is 4.30. The highest BCUT2D eigenvalue weighted by atomic mass is 35.5. The fourth-order valence-corrected chi connectivity index (χ4v) is 2.77. The van der Waals surface area contributed by atoms with Crippen molar-refractivity contribution in [3.05, 3.63) is 76.9 Å². The lowest BCUT2D eigenvalue weighted by Gasteiger charge is -2.17. The molecule has 1 atom stereocenters. The van der Waals surface area contributed by atoms with Crippen molar-refractivity contribution in [2.75, 3.05) is 18.2 Å². The van der Waals surface area contributed by atoms with Gasteiger partial charge in [-0.3, -0.25) is 4.79 Å². The van der Waals surface area contributed by atoms with Crippen LogP contribution in [0.15, 0.2) is 60.8 Å². The molecule has 0 radical (unpaired) electrons. The molecule has 1 unspecified atom stereocenters. The van der Waals surface area contributed by atoms with Gasteiger partial charge in [-0.1, -0.05) is 29.8 Å². The van der Waals surface area contributed by atoms with Gasteiger partial charge >= 0.3 is 0 Å². The zero-order valence-electron chi connectivity index (χ0n) is 15.5. The normalized spacial score (nSPS) is 11.5. The minimum Gasteiger partial charge on any atom is -0.497 e. The molecule has 1 heterocycles. The number of benzene rings is 2. The van der Waals surface area contributed by atoms with Crippen LogP contribution >= 0.6 is 11.6 Å². The average molecular weight is 398 g/mol. The first-order valence-electron chi connectivity index (χ1n) is 8.59. The largest absolute Gasteiger partial charge is 0.497 e. The lowest BCUT2D eigenvalue weighted by atomic mass is 10.1. The number of hydrogen-bond donors (Lipinski definition) is 2. The molecular formula is C21H20ClN3O3. The van der Waals surface area contributed by atoms with E-state index in [4.69, 9.17) is 26.8 Å². The number of pyridine rings is 1. The number of nitrogens with one attached hydrogen (secondary N) is 1. The molecule has 28 heavy (non-hydrogen) atoms. The van der Waals surface area contributed by atoms with Gasteiger partial charge in [-0.2, -0.15) is 0 Å². The van der Waals surface area contributed by atoms with Gasteiger partial charge in [0.1, 0.15) is 11.9 Å². The van der Waals surface area contributed by atoms with E-state index in [1.807, 2.05) is 31.2 Å². The Bertz CT molecular complexity index is 994. The first-order chi connectivity index (χ1) is 13.5. The first kappa shape index (κ1) is 19.5. The molecule has 0 aliphatic heterocycles.